The zero-order valence-corrected chi connectivity index (χ0v) is 41.8. The highest BCUT2D eigenvalue weighted by Crippen LogP contribution is 2.25. The van der Waals surface area contributed by atoms with Crippen molar-refractivity contribution >= 4 is 54.8 Å². The smallest absolute Gasteiger partial charge is 0.328 e. The van der Waals surface area contributed by atoms with Gasteiger partial charge in [-0.3, -0.25) is 20.0 Å². The maximum Gasteiger partial charge on any atom is 0.328 e. The summed E-state index contributed by atoms with van der Waals surface area (Å²) < 4.78 is 4.98. The Hall–Kier alpha value is -10.6. The number of nitrogens with zero attached hydrogens (tertiary/aromatic N) is 8. The van der Waals surface area contributed by atoms with Crippen molar-refractivity contribution in [3.05, 3.63) is 204 Å². The molecule has 4 aromatic heterocycles. The molecule has 23 heteroatoms. The highest BCUT2D eigenvalue weighted by molar-refractivity contribution is 5.87. The van der Waals surface area contributed by atoms with E-state index in [2.05, 4.69) is 59.8 Å². The third-order valence-electron chi connectivity index (χ3n) is 10.6. The summed E-state index contributed by atoms with van der Waals surface area (Å²) in [6.07, 6.45) is 22.9. The first-order chi connectivity index (χ1) is 37.8. The number of benzene rings is 4. The number of methoxy groups -OCH3 is 1. The Morgan fingerprint density at radius 3 is 1.29 bits per heavy atom. The average molecular weight is 1060 g/mol. The summed E-state index contributed by atoms with van der Waals surface area (Å²) in [5.74, 6) is -3.56. The molecule has 0 radical (unpaired) electrons. The van der Waals surface area contributed by atoms with Gasteiger partial charge in [0.15, 0.2) is 35.7 Å². The number of ether oxygens (including phenoxy) is 1. The lowest BCUT2D eigenvalue weighted by Crippen LogP contribution is -2.21. The molecule has 4 heterocycles. The zero-order valence-electron chi connectivity index (χ0n) is 41.8. The van der Waals surface area contributed by atoms with Gasteiger partial charge in [0.25, 0.3) is 0 Å². The van der Waals surface area contributed by atoms with E-state index in [1.165, 1.54) is 63.2 Å². The summed E-state index contributed by atoms with van der Waals surface area (Å²) in [7, 11) is 1.44. The molecule has 23 nitrogen and oxygen atoms in total. The number of aromatic nitrogens is 8. The number of allylic oxidation sites excluding steroid dienone is 1. The zero-order chi connectivity index (χ0) is 55.9. The highest BCUT2D eigenvalue weighted by atomic mass is 16.5. The molecule has 402 valence electrons. The SMILES string of the molecule is COc1cc(C=NC(Cc2cnc[nH]2)C(=O)O)ccc1O.O=C(O)C(Cc1cnc[nH]1)N=C/C=C/c1ccccc1.O=C(O)C(Cc1cnc[nH]1)N=Cc1ccccc1.O=C(O)C(Cc1cnc[nH]1)N=Cc1ccccc1O. The summed E-state index contributed by atoms with van der Waals surface area (Å²) in [5.41, 5.74) is 5.95. The van der Waals surface area contributed by atoms with E-state index in [4.69, 9.17) is 20.1 Å². The van der Waals surface area contributed by atoms with E-state index in [-0.39, 0.29) is 24.3 Å². The lowest BCUT2D eigenvalue weighted by atomic mass is 10.1. The monoisotopic (exact) mass is 1060 g/mol. The standard InChI is InChI=1S/C15H15N3O2.C14H15N3O4.C13H13N3O3.C13H13N3O2/c19-15(20)14(9-13-10-16-11-18-13)17-8-4-7-12-5-2-1-3-6-12;1-21-13-4-9(2-3-12(13)18)6-16-11(14(19)20)5-10-7-15-8-17-10;17-12-4-2-1-3-9(12)6-15-11(13(18)19)5-10-7-14-8-16-10;17-13(18)12(6-11-8-14-9-16-11)15-7-10-4-2-1-3-5-10/h1-8,10-11,14H,9H2,(H,16,18)(H,19,20);2-4,6-8,11,18H,5H2,1H3,(H,15,17)(H,19,20);1-4,6-8,11,17H,5H2,(H,14,16)(H,18,19);1-5,7-9,12H,6H2,(H,14,16)(H,17,18)/b7-4+,17-8?;;;. The number of carboxylic acids is 4. The predicted molar refractivity (Wildman–Crippen MR) is 291 cm³/mol. The molecule has 0 amide bonds. The van der Waals surface area contributed by atoms with Crippen LogP contribution in [0.5, 0.6) is 17.2 Å². The average Bonchev–Trinajstić information content (AvgIpc) is 4.32. The highest BCUT2D eigenvalue weighted by Gasteiger charge is 2.19. The summed E-state index contributed by atoms with van der Waals surface area (Å²) in [6, 6.07) is 27.0. The second-order valence-corrected chi connectivity index (χ2v) is 16.3. The number of carbonyl (C=O) groups is 4. The van der Waals surface area contributed by atoms with Gasteiger partial charge in [-0.2, -0.15) is 0 Å². The Morgan fingerprint density at radius 1 is 0.487 bits per heavy atom. The molecule has 0 bridgehead atoms. The van der Waals surface area contributed by atoms with Crippen molar-refractivity contribution in [1.82, 2.24) is 39.9 Å². The third kappa shape index (κ3) is 21.1. The molecule has 0 aliphatic heterocycles. The molecule has 78 heavy (non-hydrogen) atoms. The number of rotatable bonds is 22. The van der Waals surface area contributed by atoms with Gasteiger partial charge in [0.2, 0.25) is 0 Å². The molecular formula is C55H56N12O11. The van der Waals surface area contributed by atoms with Crippen molar-refractivity contribution in [2.24, 2.45) is 20.0 Å². The van der Waals surface area contributed by atoms with Gasteiger partial charge in [-0.25, -0.2) is 39.1 Å². The van der Waals surface area contributed by atoms with Gasteiger partial charge in [0.05, 0.1) is 32.4 Å². The molecule has 10 N–H and O–H groups in total. The minimum atomic E-state index is -1.03. The number of hydrogen-bond acceptors (Lipinski definition) is 15. The van der Waals surface area contributed by atoms with Crippen LogP contribution in [0.15, 0.2) is 179 Å². The number of nitrogens with one attached hydrogen (secondary N) is 4. The Bertz CT molecular complexity index is 3180. The molecular weight excluding hydrogens is 1000 g/mol. The maximum absolute atomic E-state index is 11.2. The Balaban J connectivity index is 0.000000192. The lowest BCUT2D eigenvalue weighted by Gasteiger charge is -2.06. The fourth-order valence-corrected chi connectivity index (χ4v) is 6.54. The van der Waals surface area contributed by atoms with Gasteiger partial charge in [-0.05, 0) is 53.1 Å². The number of aliphatic carboxylic acids is 4. The van der Waals surface area contributed by atoms with Crippen LogP contribution < -0.4 is 4.74 Å². The molecule has 0 saturated heterocycles. The predicted octanol–water partition coefficient (Wildman–Crippen LogP) is 6.18. The van der Waals surface area contributed by atoms with Gasteiger partial charge in [-0.1, -0.05) is 78.9 Å². The van der Waals surface area contributed by atoms with Crippen molar-refractivity contribution in [3.8, 4) is 17.2 Å². The van der Waals surface area contributed by atoms with E-state index >= 15 is 0 Å². The Kier molecular flexibility index (Phi) is 23.8. The molecule has 4 unspecified atom stereocenters. The van der Waals surface area contributed by atoms with Crippen LogP contribution in [-0.2, 0) is 44.9 Å². The third-order valence-corrected chi connectivity index (χ3v) is 10.6. The summed E-state index contributed by atoms with van der Waals surface area (Å²) in [4.78, 5) is 87.6. The largest absolute Gasteiger partial charge is 0.507 e. The van der Waals surface area contributed by atoms with E-state index in [9.17, 15) is 34.5 Å². The minimum absolute atomic E-state index is 0.0156. The first-order valence-electron chi connectivity index (χ1n) is 23.6. The van der Waals surface area contributed by atoms with Crippen LogP contribution in [0.1, 0.15) is 45.0 Å². The molecule has 0 aliphatic rings. The second kappa shape index (κ2) is 31.9. The van der Waals surface area contributed by atoms with Crippen LogP contribution in [0.25, 0.3) is 6.08 Å². The molecule has 0 spiro atoms. The number of phenolic OH excluding ortho intramolecular Hbond substituents is 2. The number of H-pyrrole nitrogens is 4. The van der Waals surface area contributed by atoms with Gasteiger partial charge in [0.1, 0.15) is 5.75 Å². The molecule has 4 atom stereocenters. The van der Waals surface area contributed by atoms with E-state index in [1.807, 2.05) is 66.7 Å². The minimum Gasteiger partial charge on any atom is -0.507 e. The number of aromatic amines is 4. The van der Waals surface area contributed by atoms with Crippen LogP contribution in [-0.4, -0.2) is 151 Å². The van der Waals surface area contributed by atoms with Crippen molar-refractivity contribution in [2.75, 3.05) is 7.11 Å². The van der Waals surface area contributed by atoms with Crippen LogP contribution in [0.3, 0.4) is 0 Å². The topological polar surface area (TPSA) is 363 Å². The van der Waals surface area contributed by atoms with Gasteiger partial charge < -0.3 is 55.3 Å². The van der Waals surface area contributed by atoms with Crippen LogP contribution in [0.4, 0.5) is 0 Å². The number of aliphatic imine (C=N–C) groups is 4. The number of carboxylic acid groups (broad SMARTS) is 4. The number of hydrogen-bond donors (Lipinski definition) is 10. The van der Waals surface area contributed by atoms with Crippen molar-refractivity contribution in [3.63, 3.8) is 0 Å². The summed E-state index contributed by atoms with van der Waals surface area (Å²) in [5, 5.41) is 55.6. The molecule has 4 aromatic carbocycles. The van der Waals surface area contributed by atoms with E-state index in [1.54, 1.807) is 67.4 Å². The Labute approximate surface area is 446 Å². The summed E-state index contributed by atoms with van der Waals surface area (Å²) in [6.45, 7) is 0. The molecule has 0 aliphatic carbocycles. The fraction of sp³-hybridized carbons (Fsp3) is 0.164. The fourth-order valence-electron chi connectivity index (χ4n) is 6.54. The number of imidazole rings is 4. The summed E-state index contributed by atoms with van der Waals surface area (Å²) >= 11 is 0. The van der Waals surface area contributed by atoms with E-state index in [0.29, 0.717) is 41.1 Å². The first-order valence-corrected chi connectivity index (χ1v) is 23.6. The van der Waals surface area contributed by atoms with Crippen LogP contribution >= 0.6 is 0 Å². The van der Waals surface area contributed by atoms with Crippen molar-refractivity contribution in [2.45, 2.75) is 49.9 Å². The van der Waals surface area contributed by atoms with Crippen LogP contribution in [0.2, 0.25) is 0 Å². The van der Waals surface area contributed by atoms with Crippen molar-refractivity contribution in [1.29, 1.82) is 0 Å². The second-order valence-electron chi connectivity index (χ2n) is 16.3. The van der Waals surface area contributed by atoms with Gasteiger partial charge >= 0.3 is 23.9 Å². The van der Waals surface area contributed by atoms with Gasteiger partial charge in [-0.15, -0.1) is 0 Å². The number of para-hydroxylation sites is 1. The molecule has 0 saturated carbocycles. The molecule has 0 fully saturated rings. The molecule has 8 rings (SSSR count). The quantitative estimate of drug-likeness (QED) is 0.0339. The van der Waals surface area contributed by atoms with Crippen molar-refractivity contribution < 1.29 is 54.6 Å². The normalized spacial score (nSPS) is 12.7. The Morgan fingerprint density at radius 2 is 0.885 bits per heavy atom. The van der Waals surface area contributed by atoms with E-state index < -0.39 is 48.0 Å². The van der Waals surface area contributed by atoms with E-state index in [0.717, 1.165) is 22.5 Å². The number of aromatic hydroxyl groups is 2. The van der Waals surface area contributed by atoms with Crippen LogP contribution in [0, 0.1) is 0 Å². The number of phenols is 2. The first kappa shape index (κ1) is 58.3. The molecule has 8 aromatic rings. The lowest BCUT2D eigenvalue weighted by molar-refractivity contribution is -0.139. The maximum atomic E-state index is 11.2. The van der Waals surface area contributed by atoms with Gasteiger partial charge in [0, 0.05) is 104 Å².